The maximum absolute atomic E-state index is 12.3. The number of nitrogens with two attached hydrogens (primary N) is 1. The molecule has 6 heteroatoms. The Labute approximate surface area is 182 Å². The molecule has 1 saturated heterocycles. The van der Waals surface area contributed by atoms with Crippen molar-refractivity contribution in [1.29, 1.82) is 5.26 Å². The molecule has 1 amide bonds. The number of para-hydroxylation sites is 1. The zero-order chi connectivity index (χ0) is 20.9. The summed E-state index contributed by atoms with van der Waals surface area (Å²) < 4.78 is 0. The van der Waals surface area contributed by atoms with Crippen molar-refractivity contribution in [2.24, 2.45) is 5.73 Å². The number of hydrogen-bond donors (Lipinski definition) is 1. The maximum atomic E-state index is 12.3. The summed E-state index contributed by atoms with van der Waals surface area (Å²) in [7, 11) is 0. The Morgan fingerprint density at radius 1 is 1.10 bits per heavy atom. The van der Waals surface area contributed by atoms with Gasteiger partial charge in [0.15, 0.2) is 0 Å². The maximum Gasteiger partial charge on any atom is 0.265 e. The van der Waals surface area contributed by atoms with Crippen LogP contribution in [0.15, 0.2) is 65.7 Å². The normalized spacial score (nSPS) is 20.0. The molecule has 4 rings (SSSR count). The predicted molar refractivity (Wildman–Crippen MR) is 122 cm³/mol. The first-order chi connectivity index (χ1) is 14.7. The third-order valence-corrected chi connectivity index (χ3v) is 7.00. The molecular formula is C24H26N4OS. The van der Waals surface area contributed by atoms with Crippen LogP contribution in [0, 0.1) is 11.3 Å². The molecular weight excluding hydrogens is 392 g/mol. The lowest BCUT2D eigenvalue weighted by atomic mass is 9.87. The fraction of sp³-hybridized carbons (Fsp3) is 0.333. The van der Waals surface area contributed by atoms with Gasteiger partial charge in [0.05, 0.1) is 6.07 Å². The van der Waals surface area contributed by atoms with E-state index in [1.807, 2.05) is 29.7 Å². The number of likely N-dealkylation sites (tertiary alicyclic amines) is 1. The number of piperidine rings is 1. The van der Waals surface area contributed by atoms with Gasteiger partial charge in [0.1, 0.15) is 11.1 Å². The highest BCUT2D eigenvalue weighted by atomic mass is 32.2. The second-order valence-electron chi connectivity index (χ2n) is 7.72. The van der Waals surface area contributed by atoms with Crippen LogP contribution >= 0.6 is 11.8 Å². The second kappa shape index (κ2) is 9.38. The average Bonchev–Trinajstić information content (AvgIpc) is 3.24. The highest BCUT2D eigenvalue weighted by Gasteiger charge is 2.34. The van der Waals surface area contributed by atoms with Gasteiger partial charge in [-0.3, -0.25) is 4.79 Å². The summed E-state index contributed by atoms with van der Waals surface area (Å²) in [5.41, 5.74) is 9.80. The van der Waals surface area contributed by atoms with Gasteiger partial charge in [-0.2, -0.15) is 5.26 Å². The van der Waals surface area contributed by atoms with Gasteiger partial charge in [0, 0.05) is 24.1 Å². The number of primary amides is 1. The first-order valence-corrected chi connectivity index (χ1v) is 11.3. The van der Waals surface area contributed by atoms with Crippen molar-refractivity contribution >= 4 is 23.4 Å². The highest BCUT2D eigenvalue weighted by Crippen LogP contribution is 2.48. The lowest BCUT2D eigenvalue weighted by molar-refractivity contribution is -0.114. The zero-order valence-corrected chi connectivity index (χ0v) is 17.7. The lowest BCUT2D eigenvalue weighted by Crippen LogP contribution is -2.35. The summed E-state index contributed by atoms with van der Waals surface area (Å²) in [6.07, 6.45) is 2.68. The predicted octanol–water partition coefficient (Wildman–Crippen LogP) is 4.36. The van der Waals surface area contributed by atoms with Gasteiger partial charge in [-0.15, -0.1) is 11.8 Å². The molecule has 2 aliphatic heterocycles. The smallest absolute Gasteiger partial charge is 0.265 e. The van der Waals surface area contributed by atoms with Crippen molar-refractivity contribution in [2.75, 3.05) is 24.5 Å². The molecule has 30 heavy (non-hydrogen) atoms. The van der Waals surface area contributed by atoms with Gasteiger partial charge in [0.2, 0.25) is 0 Å². The number of thioether (sulfide) groups is 1. The van der Waals surface area contributed by atoms with E-state index >= 15 is 0 Å². The molecule has 154 valence electrons. The Kier molecular flexibility index (Phi) is 6.41. The quantitative estimate of drug-likeness (QED) is 0.755. The standard InChI is InChI=1S/C24H26N4OS/c25-13-6-14-27-15-11-18(12-16-27)20-9-4-5-10-21(20)28-22(23(26)29)17-30-24(28)19-7-2-1-3-8-19/h1-5,7-10,17-18,24H,6,11-12,14-16H2,(H2,26,29). The number of rotatable bonds is 6. The first kappa shape index (κ1) is 20.5. The van der Waals surface area contributed by atoms with E-state index < -0.39 is 5.91 Å². The summed E-state index contributed by atoms with van der Waals surface area (Å²) in [4.78, 5) is 16.7. The van der Waals surface area contributed by atoms with E-state index in [1.54, 1.807) is 11.8 Å². The fourth-order valence-corrected chi connectivity index (χ4v) is 5.53. The van der Waals surface area contributed by atoms with E-state index in [1.165, 1.54) is 5.56 Å². The van der Waals surface area contributed by atoms with Crippen LogP contribution in [-0.2, 0) is 4.79 Å². The lowest BCUT2D eigenvalue weighted by Gasteiger charge is -2.35. The van der Waals surface area contributed by atoms with Crippen molar-refractivity contribution in [1.82, 2.24) is 4.90 Å². The van der Waals surface area contributed by atoms with Gasteiger partial charge in [-0.25, -0.2) is 0 Å². The molecule has 2 aromatic carbocycles. The number of carbonyl (C=O) groups is 1. The number of amides is 1. The molecule has 1 unspecified atom stereocenters. The third-order valence-electron chi connectivity index (χ3n) is 5.90. The number of nitrogens with zero attached hydrogens (tertiary/aromatic N) is 3. The molecule has 1 fully saturated rings. The van der Waals surface area contributed by atoms with Crippen LogP contribution in [0.25, 0.3) is 0 Å². The average molecular weight is 419 g/mol. The Hall–Kier alpha value is -2.75. The van der Waals surface area contributed by atoms with Crippen molar-refractivity contribution in [3.05, 3.63) is 76.8 Å². The van der Waals surface area contributed by atoms with Crippen LogP contribution in [0.5, 0.6) is 0 Å². The minimum atomic E-state index is -0.401. The zero-order valence-electron chi connectivity index (χ0n) is 16.9. The largest absolute Gasteiger partial charge is 0.364 e. The van der Waals surface area contributed by atoms with Gasteiger partial charge in [-0.1, -0.05) is 48.5 Å². The fourth-order valence-electron chi connectivity index (χ4n) is 4.38. The Morgan fingerprint density at radius 3 is 2.50 bits per heavy atom. The van der Waals surface area contributed by atoms with E-state index in [0.717, 1.165) is 43.7 Å². The molecule has 2 aliphatic rings. The minimum absolute atomic E-state index is 0.00873. The molecule has 2 heterocycles. The topological polar surface area (TPSA) is 73.4 Å². The van der Waals surface area contributed by atoms with Crippen LogP contribution in [0.2, 0.25) is 0 Å². The van der Waals surface area contributed by atoms with Crippen molar-refractivity contribution < 1.29 is 4.79 Å². The molecule has 2 N–H and O–H groups in total. The SMILES string of the molecule is N#CCCN1CCC(c2ccccc2N2C(C(N)=O)=CSC2c2ccccc2)CC1. The van der Waals surface area contributed by atoms with Gasteiger partial charge >= 0.3 is 0 Å². The van der Waals surface area contributed by atoms with Crippen LogP contribution in [0.1, 0.15) is 41.7 Å². The Bertz CT molecular complexity index is 961. The molecule has 0 bridgehead atoms. The van der Waals surface area contributed by atoms with Crippen LogP contribution < -0.4 is 10.6 Å². The first-order valence-electron chi connectivity index (χ1n) is 10.4. The van der Waals surface area contributed by atoms with E-state index in [4.69, 9.17) is 11.0 Å². The van der Waals surface area contributed by atoms with Crippen LogP contribution in [0.3, 0.4) is 0 Å². The van der Waals surface area contributed by atoms with Crippen molar-refractivity contribution in [3.8, 4) is 6.07 Å². The molecule has 1 atom stereocenters. The molecule has 0 aromatic heterocycles. The summed E-state index contributed by atoms with van der Waals surface area (Å²) in [5.74, 6) is 0.0257. The monoisotopic (exact) mass is 418 g/mol. The summed E-state index contributed by atoms with van der Waals surface area (Å²) in [6, 6.07) is 20.9. The molecule has 5 nitrogen and oxygen atoms in total. The highest BCUT2D eigenvalue weighted by molar-refractivity contribution is 8.02. The second-order valence-corrected chi connectivity index (χ2v) is 8.67. The van der Waals surface area contributed by atoms with E-state index in [0.29, 0.717) is 18.0 Å². The third kappa shape index (κ3) is 4.23. The number of anilines is 1. The molecule has 2 aromatic rings. The van der Waals surface area contributed by atoms with Gasteiger partial charge in [0.25, 0.3) is 5.91 Å². The molecule has 0 spiro atoms. The molecule has 0 radical (unpaired) electrons. The van der Waals surface area contributed by atoms with Crippen molar-refractivity contribution in [3.63, 3.8) is 0 Å². The Morgan fingerprint density at radius 2 is 1.80 bits per heavy atom. The Balaban J connectivity index is 1.63. The van der Waals surface area contributed by atoms with E-state index in [-0.39, 0.29) is 5.37 Å². The summed E-state index contributed by atoms with van der Waals surface area (Å²) >= 11 is 1.62. The van der Waals surface area contributed by atoms with E-state index in [9.17, 15) is 4.79 Å². The molecule has 0 aliphatic carbocycles. The van der Waals surface area contributed by atoms with Gasteiger partial charge in [-0.05, 0) is 49.0 Å². The van der Waals surface area contributed by atoms with Crippen LogP contribution in [0.4, 0.5) is 5.69 Å². The van der Waals surface area contributed by atoms with Crippen molar-refractivity contribution in [2.45, 2.75) is 30.6 Å². The van der Waals surface area contributed by atoms with Crippen LogP contribution in [-0.4, -0.2) is 30.4 Å². The summed E-state index contributed by atoms with van der Waals surface area (Å²) in [5, 5.41) is 10.7. The number of carbonyl (C=O) groups excluding carboxylic acids is 1. The van der Waals surface area contributed by atoms with E-state index in [2.05, 4.69) is 46.2 Å². The molecule has 0 saturated carbocycles. The van der Waals surface area contributed by atoms with Gasteiger partial charge < -0.3 is 15.5 Å². The number of benzene rings is 2. The summed E-state index contributed by atoms with van der Waals surface area (Å²) in [6.45, 7) is 2.84. The minimum Gasteiger partial charge on any atom is -0.364 e. The number of nitriles is 1. The number of hydrogen-bond acceptors (Lipinski definition) is 5.